The zero-order valence-corrected chi connectivity index (χ0v) is 15.7. The molecule has 0 aromatic heterocycles. The molecule has 2 aromatic carbocycles. The Morgan fingerprint density at radius 2 is 1.67 bits per heavy atom. The van der Waals surface area contributed by atoms with Gasteiger partial charge in [-0.1, -0.05) is 60.7 Å². The van der Waals surface area contributed by atoms with Crippen molar-refractivity contribution in [2.24, 2.45) is 0 Å². The van der Waals surface area contributed by atoms with Crippen molar-refractivity contribution in [2.75, 3.05) is 10.2 Å². The topological polar surface area (TPSA) is 15.3 Å². The molecular formula is C19H20Cl2N2S. The summed E-state index contributed by atoms with van der Waals surface area (Å²) in [4.78, 5) is 2.20. The SMILES string of the molecule is S=C(Nc1ccccc1)N(c1ccc(Cl)c(Cl)c1)C1CCCCC1. The maximum Gasteiger partial charge on any atom is 0.178 e. The number of thiocarbonyl (C=S) groups is 1. The van der Waals surface area contributed by atoms with Crippen molar-refractivity contribution in [3.8, 4) is 0 Å². The number of nitrogens with zero attached hydrogens (tertiary/aromatic N) is 1. The summed E-state index contributed by atoms with van der Waals surface area (Å²) >= 11 is 18.1. The second kappa shape index (κ2) is 8.19. The molecule has 0 atom stereocenters. The maximum atomic E-state index is 6.24. The number of halogens is 2. The van der Waals surface area contributed by atoms with E-state index in [0.29, 0.717) is 21.2 Å². The molecule has 0 spiro atoms. The van der Waals surface area contributed by atoms with Crippen molar-refractivity contribution in [1.82, 2.24) is 0 Å². The van der Waals surface area contributed by atoms with Gasteiger partial charge in [0.2, 0.25) is 0 Å². The van der Waals surface area contributed by atoms with Gasteiger partial charge in [0, 0.05) is 17.4 Å². The summed E-state index contributed by atoms with van der Waals surface area (Å²) in [5.41, 5.74) is 1.98. The molecule has 126 valence electrons. The largest absolute Gasteiger partial charge is 0.332 e. The second-order valence-electron chi connectivity index (χ2n) is 6.06. The highest BCUT2D eigenvalue weighted by Crippen LogP contribution is 2.32. The van der Waals surface area contributed by atoms with Crippen LogP contribution in [-0.4, -0.2) is 11.2 Å². The number of anilines is 2. The molecule has 0 unspecified atom stereocenters. The summed E-state index contributed by atoms with van der Waals surface area (Å²) in [5.74, 6) is 0. The Morgan fingerprint density at radius 1 is 0.958 bits per heavy atom. The van der Waals surface area contributed by atoms with E-state index in [2.05, 4.69) is 10.2 Å². The predicted molar refractivity (Wildman–Crippen MR) is 108 cm³/mol. The van der Waals surface area contributed by atoms with E-state index >= 15 is 0 Å². The molecule has 5 heteroatoms. The van der Waals surface area contributed by atoms with E-state index in [1.54, 1.807) is 0 Å². The minimum Gasteiger partial charge on any atom is -0.332 e. The summed E-state index contributed by atoms with van der Waals surface area (Å²) in [6, 6.07) is 16.1. The van der Waals surface area contributed by atoms with Crippen LogP contribution in [0.3, 0.4) is 0 Å². The minimum atomic E-state index is 0.389. The summed E-state index contributed by atoms with van der Waals surface area (Å²) in [6.45, 7) is 0. The minimum absolute atomic E-state index is 0.389. The van der Waals surface area contributed by atoms with Gasteiger partial charge >= 0.3 is 0 Å². The zero-order chi connectivity index (χ0) is 16.9. The van der Waals surface area contributed by atoms with Crippen molar-refractivity contribution in [2.45, 2.75) is 38.1 Å². The lowest BCUT2D eigenvalue weighted by Gasteiger charge is -2.36. The monoisotopic (exact) mass is 378 g/mol. The van der Waals surface area contributed by atoms with Crippen molar-refractivity contribution in [3.05, 3.63) is 58.6 Å². The van der Waals surface area contributed by atoms with E-state index in [1.165, 1.54) is 19.3 Å². The number of nitrogens with one attached hydrogen (secondary N) is 1. The first kappa shape index (κ1) is 17.5. The van der Waals surface area contributed by atoms with Crippen molar-refractivity contribution in [3.63, 3.8) is 0 Å². The van der Waals surface area contributed by atoms with Gasteiger partial charge in [-0.2, -0.15) is 0 Å². The molecule has 1 N–H and O–H groups in total. The molecule has 0 bridgehead atoms. The van der Waals surface area contributed by atoms with Crippen LogP contribution in [0.4, 0.5) is 11.4 Å². The summed E-state index contributed by atoms with van der Waals surface area (Å²) in [5, 5.41) is 5.17. The van der Waals surface area contributed by atoms with Gasteiger partial charge in [-0.3, -0.25) is 0 Å². The predicted octanol–water partition coefficient (Wildman–Crippen LogP) is 6.53. The fourth-order valence-corrected chi connectivity index (χ4v) is 3.84. The fourth-order valence-electron chi connectivity index (χ4n) is 3.17. The maximum absolute atomic E-state index is 6.24. The molecule has 1 aliphatic carbocycles. The number of rotatable bonds is 3. The molecule has 0 aliphatic heterocycles. The van der Waals surface area contributed by atoms with Crippen LogP contribution in [-0.2, 0) is 0 Å². The molecule has 24 heavy (non-hydrogen) atoms. The average molecular weight is 379 g/mol. The summed E-state index contributed by atoms with van der Waals surface area (Å²) < 4.78 is 0. The third kappa shape index (κ3) is 4.21. The van der Waals surface area contributed by atoms with Crippen LogP contribution in [0, 0.1) is 0 Å². The smallest absolute Gasteiger partial charge is 0.178 e. The molecule has 0 heterocycles. The van der Waals surface area contributed by atoms with Crippen LogP contribution in [0.5, 0.6) is 0 Å². The molecule has 3 rings (SSSR count). The van der Waals surface area contributed by atoms with Crippen LogP contribution in [0.15, 0.2) is 48.5 Å². The molecule has 1 saturated carbocycles. The van der Waals surface area contributed by atoms with Gasteiger partial charge in [0.25, 0.3) is 0 Å². The van der Waals surface area contributed by atoms with E-state index < -0.39 is 0 Å². The second-order valence-corrected chi connectivity index (χ2v) is 7.26. The number of hydrogen-bond acceptors (Lipinski definition) is 1. The lowest BCUT2D eigenvalue weighted by atomic mass is 9.94. The standard InChI is InChI=1S/C19H20Cl2N2S/c20-17-12-11-16(13-18(17)21)23(15-9-5-2-6-10-15)19(24)22-14-7-3-1-4-8-14/h1,3-4,7-8,11-13,15H,2,5-6,9-10H2,(H,22,24). The van der Waals surface area contributed by atoms with E-state index in [0.717, 1.165) is 24.2 Å². The molecular weight excluding hydrogens is 359 g/mol. The van der Waals surface area contributed by atoms with Gasteiger partial charge in [0.1, 0.15) is 0 Å². The fraction of sp³-hybridized carbons (Fsp3) is 0.316. The molecule has 2 nitrogen and oxygen atoms in total. The molecule has 1 fully saturated rings. The Kier molecular flexibility index (Phi) is 5.99. The first-order valence-electron chi connectivity index (χ1n) is 8.25. The Balaban J connectivity index is 1.88. The lowest BCUT2D eigenvalue weighted by molar-refractivity contribution is 0.441. The summed E-state index contributed by atoms with van der Waals surface area (Å²) in [7, 11) is 0. The molecule has 0 radical (unpaired) electrons. The number of hydrogen-bond donors (Lipinski definition) is 1. The van der Waals surface area contributed by atoms with Crippen molar-refractivity contribution < 1.29 is 0 Å². The van der Waals surface area contributed by atoms with Gasteiger partial charge in [-0.05, 0) is 55.4 Å². The molecule has 2 aromatic rings. The van der Waals surface area contributed by atoms with Crippen molar-refractivity contribution in [1.29, 1.82) is 0 Å². The number of para-hydroxylation sites is 1. The highest BCUT2D eigenvalue weighted by atomic mass is 35.5. The van der Waals surface area contributed by atoms with Gasteiger partial charge < -0.3 is 10.2 Å². The summed E-state index contributed by atoms with van der Waals surface area (Å²) in [6.07, 6.45) is 6.03. The third-order valence-electron chi connectivity index (χ3n) is 4.37. The Hall–Kier alpha value is -1.29. The molecule has 1 aliphatic rings. The normalized spacial score (nSPS) is 15.1. The highest BCUT2D eigenvalue weighted by Gasteiger charge is 2.25. The Bertz CT molecular complexity index is 700. The first-order chi connectivity index (χ1) is 11.6. The van der Waals surface area contributed by atoms with E-state index in [-0.39, 0.29) is 0 Å². The Morgan fingerprint density at radius 3 is 2.33 bits per heavy atom. The van der Waals surface area contributed by atoms with Crippen LogP contribution in [0.1, 0.15) is 32.1 Å². The van der Waals surface area contributed by atoms with Gasteiger partial charge in [-0.25, -0.2) is 0 Å². The van der Waals surface area contributed by atoms with Crippen LogP contribution in [0.25, 0.3) is 0 Å². The highest BCUT2D eigenvalue weighted by molar-refractivity contribution is 7.80. The first-order valence-corrected chi connectivity index (χ1v) is 9.42. The van der Waals surface area contributed by atoms with Gasteiger partial charge in [-0.15, -0.1) is 0 Å². The van der Waals surface area contributed by atoms with Crippen LogP contribution < -0.4 is 10.2 Å². The van der Waals surface area contributed by atoms with E-state index in [4.69, 9.17) is 35.4 Å². The quantitative estimate of drug-likeness (QED) is 0.611. The van der Waals surface area contributed by atoms with Gasteiger partial charge in [0.05, 0.1) is 10.0 Å². The van der Waals surface area contributed by atoms with Crippen LogP contribution in [0.2, 0.25) is 10.0 Å². The van der Waals surface area contributed by atoms with Gasteiger partial charge in [0.15, 0.2) is 5.11 Å². The third-order valence-corrected chi connectivity index (χ3v) is 5.40. The average Bonchev–Trinajstić information content (AvgIpc) is 2.60. The van der Waals surface area contributed by atoms with Crippen molar-refractivity contribution >= 4 is 51.9 Å². The number of benzene rings is 2. The van der Waals surface area contributed by atoms with E-state index in [1.807, 2.05) is 48.5 Å². The van der Waals surface area contributed by atoms with Crippen LogP contribution >= 0.6 is 35.4 Å². The lowest BCUT2D eigenvalue weighted by Crippen LogP contribution is -2.44. The molecule has 0 amide bonds. The van der Waals surface area contributed by atoms with E-state index in [9.17, 15) is 0 Å². The Labute approximate surface area is 158 Å². The zero-order valence-electron chi connectivity index (χ0n) is 13.3. The molecule has 0 saturated heterocycles.